The number of benzene rings is 1. The molecule has 0 saturated carbocycles. The zero-order chi connectivity index (χ0) is 20.9. The first-order valence-corrected chi connectivity index (χ1v) is 12.2. The summed E-state index contributed by atoms with van der Waals surface area (Å²) in [6.07, 6.45) is 2.55. The van der Waals surface area contributed by atoms with Gasteiger partial charge in [-0.25, -0.2) is 9.55 Å². The Balaban J connectivity index is 1.77. The fraction of sp³-hybridized carbons (Fsp3) is 0.429. The predicted molar refractivity (Wildman–Crippen MR) is 115 cm³/mol. The van der Waals surface area contributed by atoms with Crippen molar-refractivity contribution in [3.63, 3.8) is 0 Å². The van der Waals surface area contributed by atoms with Gasteiger partial charge in [0.1, 0.15) is 5.52 Å². The number of hydrogen-bond donors (Lipinski definition) is 1. The minimum absolute atomic E-state index is 0.382. The topological polar surface area (TPSA) is 32.6 Å². The fourth-order valence-electron chi connectivity index (χ4n) is 3.06. The van der Waals surface area contributed by atoms with Crippen molar-refractivity contribution in [3.8, 4) is 5.95 Å². The minimum atomic E-state index is -4.37. The van der Waals surface area contributed by atoms with E-state index in [1.807, 2.05) is 40.6 Å². The van der Waals surface area contributed by atoms with Gasteiger partial charge in [-0.2, -0.15) is 13.2 Å². The number of nitrogens with one attached hydrogen (secondary N) is 1. The van der Waals surface area contributed by atoms with Gasteiger partial charge in [-0.3, -0.25) is 0 Å². The van der Waals surface area contributed by atoms with Crippen molar-refractivity contribution < 1.29 is 17.7 Å². The van der Waals surface area contributed by atoms with Crippen LogP contribution in [0.2, 0.25) is 0 Å². The normalized spacial score (nSPS) is 12.0. The molecule has 0 saturated heterocycles. The second kappa shape index (κ2) is 9.89. The lowest BCUT2D eigenvalue weighted by Gasteiger charge is -2.08. The van der Waals surface area contributed by atoms with Crippen LogP contribution >= 0.6 is 21.6 Å². The highest BCUT2D eigenvalue weighted by atomic mass is 33.1. The van der Waals surface area contributed by atoms with Crippen molar-refractivity contribution in [2.75, 3.05) is 5.75 Å². The lowest BCUT2D eigenvalue weighted by atomic mass is 10.2. The Morgan fingerprint density at radius 1 is 1.10 bits per heavy atom. The molecular formula is C21H25F3N3S2+. The summed E-state index contributed by atoms with van der Waals surface area (Å²) in [6.45, 7) is 4.25. The lowest BCUT2D eigenvalue weighted by Crippen LogP contribution is -2.37. The molecule has 0 aliphatic heterocycles. The van der Waals surface area contributed by atoms with Crippen LogP contribution in [0.4, 0.5) is 13.2 Å². The van der Waals surface area contributed by atoms with Crippen LogP contribution in [0.5, 0.6) is 0 Å². The van der Waals surface area contributed by atoms with Gasteiger partial charge in [-0.15, -0.1) is 0 Å². The fourth-order valence-corrected chi connectivity index (χ4v) is 5.36. The van der Waals surface area contributed by atoms with Crippen molar-refractivity contribution in [2.24, 2.45) is 0 Å². The molecule has 29 heavy (non-hydrogen) atoms. The largest absolute Gasteiger partial charge is 0.416 e. The second-order valence-electron chi connectivity index (χ2n) is 6.94. The van der Waals surface area contributed by atoms with Gasteiger partial charge < -0.3 is 0 Å². The zero-order valence-electron chi connectivity index (χ0n) is 16.6. The van der Waals surface area contributed by atoms with Gasteiger partial charge in [0.25, 0.3) is 0 Å². The molecule has 156 valence electrons. The zero-order valence-corrected chi connectivity index (χ0v) is 18.2. The Bertz CT molecular complexity index is 954. The smallest absolute Gasteiger partial charge is 0.238 e. The number of H-pyrrole nitrogens is 1. The summed E-state index contributed by atoms with van der Waals surface area (Å²) < 4.78 is 40.9. The Kier molecular flexibility index (Phi) is 7.51. The molecule has 0 aliphatic carbocycles. The second-order valence-corrected chi connectivity index (χ2v) is 9.53. The number of alkyl halides is 3. The SMILES string of the molecule is CCCCCCSSCc1c(C)ccc[n+]1-c1nc2ccc(C(F)(F)F)cc2[nH]1. The van der Waals surface area contributed by atoms with Crippen molar-refractivity contribution >= 4 is 32.6 Å². The Hall–Kier alpha value is -1.67. The summed E-state index contributed by atoms with van der Waals surface area (Å²) in [6, 6.07) is 7.57. The molecule has 2 heterocycles. The van der Waals surface area contributed by atoms with Crippen LogP contribution in [0.15, 0.2) is 36.5 Å². The van der Waals surface area contributed by atoms with Crippen LogP contribution in [0.3, 0.4) is 0 Å². The van der Waals surface area contributed by atoms with Crippen molar-refractivity contribution in [1.29, 1.82) is 0 Å². The van der Waals surface area contributed by atoms with Crippen molar-refractivity contribution in [1.82, 2.24) is 9.97 Å². The van der Waals surface area contributed by atoms with Crippen LogP contribution in [-0.2, 0) is 11.9 Å². The first-order chi connectivity index (χ1) is 13.9. The number of nitrogens with zero attached hydrogens (tertiary/aromatic N) is 2. The molecule has 3 rings (SSSR count). The van der Waals surface area contributed by atoms with Crippen LogP contribution in [0.1, 0.15) is 49.4 Å². The minimum Gasteiger partial charge on any atom is -0.238 e. The molecule has 3 nitrogen and oxygen atoms in total. The molecule has 0 aliphatic rings. The molecule has 2 aromatic heterocycles. The standard InChI is InChI=1S/C21H25F3N3S2/c1-3-4-5-6-12-28-29-14-19-15(2)8-7-11-27(19)20-25-17-10-9-16(21(22,23)24)13-18(17)26-20/h7-11,13H,3-6,12,14H2,1-2H3,(H,25,26)/q+1. The van der Waals surface area contributed by atoms with E-state index in [2.05, 4.69) is 16.9 Å². The van der Waals surface area contributed by atoms with E-state index in [4.69, 9.17) is 0 Å². The van der Waals surface area contributed by atoms with E-state index >= 15 is 0 Å². The van der Waals surface area contributed by atoms with E-state index in [1.165, 1.54) is 31.7 Å². The maximum absolute atomic E-state index is 13.0. The monoisotopic (exact) mass is 440 g/mol. The van der Waals surface area contributed by atoms with E-state index in [0.29, 0.717) is 17.0 Å². The summed E-state index contributed by atoms with van der Waals surface area (Å²) in [4.78, 5) is 7.56. The van der Waals surface area contributed by atoms with Gasteiger partial charge >= 0.3 is 12.1 Å². The number of rotatable bonds is 9. The number of unbranched alkanes of at least 4 members (excludes halogenated alkanes) is 3. The van der Waals surface area contributed by atoms with Gasteiger partial charge in [0.15, 0.2) is 5.52 Å². The molecule has 0 amide bonds. The van der Waals surface area contributed by atoms with Gasteiger partial charge in [-0.05, 0) is 43.2 Å². The number of fused-ring (bicyclic) bond motifs is 1. The lowest BCUT2D eigenvalue weighted by molar-refractivity contribution is -0.610. The summed E-state index contributed by atoms with van der Waals surface area (Å²) in [5.41, 5.74) is 2.44. The molecule has 0 fully saturated rings. The number of hydrogen-bond acceptors (Lipinski definition) is 3. The third-order valence-corrected chi connectivity index (χ3v) is 7.08. The van der Waals surface area contributed by atoms with E-state index in [1.54, 1.807) is 10.8 Å². The predicted octanol–water partition coefficient (Wildman–Crippen LogP) is 6.63. The van der Waals surface area contributed by atoms with Crippen molar-refractivity contribution in [3.05, 3.63) is 53.3 Å². The third kappa shape index (κ3) is 5.69. The molecule has 0 radical (unpaired) electrons. The first-order valence-electron chi connectivity index (χ1n) is 9.72. The van der Waals surface area contributed by atoms with Gasteiger partial charge in [-0.1, -0.05) is 58.8 Å². The maximum atomic E-state index is 13.0. The summed E-state index contributed by atoms with van der Waals surface area (Å²) >= 11 is 0. The molecule has 0 bridgehead atoms. The highest BCUT2D eigenvalue weighted by Crippen LogP contribution is 2.31. The number of imidazole rings is 1. The first kappa shape index (κ1) is 22.0. The van der Waals surface area contributed by atoms with Gasteiger partial charge in [0.2, 0.25) is 0 Å². The number of halogens is 3. The van der Waals surface area contributed by atoms with Crippen LogP contribution in [-0.4, -0.2) is 15.7 Å². The van der Waals surface area contributed by atoms with Crippen LogP contribution in [0.25, 0.3) is 17.0 Å². The van der Waals surface area contributed by atoms with Crippen molar-refractivity contribution in [2.45, 2.75) is 51.5 Å². The number of aryl methyl sites for hydroxylation is 1. The van der Waals surface area contributed by atoms with Gasteiger partial charge in [0.05, 0.1) is 23.2 Å². The molecule has 0 spiro atoms. The average Bonchev–Trinajstić information content (AvgIpc) is 3.10. The molecule has 3 aromatic rings. The van der Waals surface area contributed by atoms with Gasteiger partial charge in [0, 0.05) is 5.75 Å². The summed E-state index contributed by atoms with van der Waals surface area (Å²) in [7, 11) is 3.67. The maximum Gasteiger partial charge on any atom is 0.416 e. The molecule has 1 aromatic carbocycles. The van der Waals surface area contributed by atoms with Crippen LogP contribution in [0, 0.1) is 6.92 Å². The quantitative estimate of drug-likeness (QED) is 0.230. The van der Waals surface area contributed by atoms with E-state index in [9.17, 15) is 13.2 Å². The molecule has 0 atom stereocenters. The van der Waals surface area contributed by atoms with E-state index in [0.717, 1.165) is 34.9 Å². The number of pyridine rings is 1. The summed E-state index contributed by atoms with van der Waals surface area (Å²) in [5, 5.41) is 0. The highest BCUT2D eigenvalue weighted by molar-refractivity contribution is 8.76. The Labute approximate surface area is 176 Å². The number of aromatic amines is 1. The van der Waals surface area contributed by atoms with E-state index < -0.39 is 11.7 Å². The molecule has 0 unspecified atom stereocenters. The third-order valence-electron chi connectivity index (χ3n) is 4.71. The Morgan fingerprint density at radius 2 is 1.93 bits per heavy atom. The molecule has 8 heteroatoms. The molecular weight excluding hydrogens is 415 g/mol. The number of aromatic nitrogens is 3. The Morgan fingerprint density at radius 3 is 2.69 bits per heavy atom. The van der Waals surface area contributed by atoms with E-state index in [-0.39, 0.29) is 0 Å². The summed E-state index contributed by atoms with van der Waals surface area (Å²) in [5.74, 6) is 2.46. The molecule has 1 N–H and O–H groups in total. The van der Waals surface area contributed by atoms with Crippen LogP contribution < -0.4 is 4.57 Å². The average molecular weight is 441 g/mol. The highest BCUT2D eigenvalue weighted by Gasteiger charge is 2.31.